The number of methoxy groups -OCH3 is 1. The van der Waals surface area contributed by atoms with Gasteiger partial charge >= 0.3 is 0 Å². The van der Waals surface area contributed by atoms with E-state index < -0.39 is 0 Å². The summed E-state index contributed by atoms with van der Waals surface area (Å²) in [5, 5.41) is 0.584. The van der Waals surface area contributed by atoms with Gasteiger partial charge in [-0.3, -0.25) is 0 Å². The molecule has 1 aliphatic rings. The summed E-state index contributed by atoms with van der Waals surface area (Å²) in [5.74, 6) is 0.637. The molecule has 0 aromatic heterocycles. The van der Waals surface area contributed by atoms with E-state index in [0.29, 0.717) is 30.6 Å². The Hall–Kier alpha value is -0.810. The van der Waals surface area contributed by atoms with Gasteiger partial charge in [0.05, 0.1) is 23.8 Å². The average Bonchev–Trinajstić information content (AvgIpc) is 2.48. The van der Waals surface area contributed by atoms with Crippen LogP contribution in [0.15, 0.2) is 18.2 Å². The summed E-state index contributed by atoms with van der Waals surface area (Å²) >= 11 is 6.07. The molecule has 0 saturated carbocycles. The Labute approximate surface area is 125 Å². The first-order valence-electron chi connectivity index (χ1n) is 6.93. The van der Waals surface area contributed by atoms with Gasteiger partial charge in [0.2, 0.25) is 0 Å². The Balaban J connectivity index is 2.29. The van der Waals surface area contributed by atoms with Crippen molar-refractivity contribution in [3.8, 4) is 5.75 Å². The quantitative estimate of drug-likeness (QED) is 0.908. The predicted molar refractivity (Wildman–Crippen MR) is 79.3 cm³/mol. The zero-order chi connectivity index (χ0) is 14.6. The van der Waals surface area contributed by atoms with Crippen molar-refractivity contribution in [2.75, 3.05) is 26.9 Å². The molecule has 1 atom stereocenters. The van der Waals surface area contributed by atoms with Gasteiger partial charge in [0.1, 0.15) is 5.75 Å². The third-order valence-corrected chi connectivity index (χ3v) is 4.18. The van der Waals surface area contributed by atoms with Crippen LogP contribution in [0.4, 0.5) is 0 Å². The number of benzene rings is 1. The van der Waals surface area contributed by atoms with Gasteiger partial charge in [0.25, 0.3) is 0 Å². The van der Waals surface area contributed by atoms with E-state index in [-0.39, 0.29) is 11.6 Å². The molecule has 1 aromatic carbocycles. The zero-order valence-corrected chi connectivity index (χ0v) is 12.8. The SMILES string of the molecule is CCOC1(C(N)c2ccc(Cl)c(OC)c2)CCOCC1. The number of hydrogen-bond acceptors (Lipinski definition) is 4. The monoisotopic (exact) mass is 299 g/mol. The van der Waals surface area contributed by atoms with Crippen LogP contribution in [0, 0.1) is 0 Å². The highest BCUT2D eigenvalue weighted by atomic mass is 35.5. The largest absolute Gasteiger partial charge is 0.495 e. The normalized spacial score (nSPS) is 19.6. The van der Waals surface area contributed by atoms with Crippen LogP contribution >= 0.6 is 11.6 Å². The molecule has 1 heterocycles. The molecule has 4 nitrogen and oxygen atoms in total. The summed E-state index contributed by atoms with van der Waals surface area (Å²) in [6.07, 6.45) is 1.60. The Morgan fingerprint density at radius 1 is 1.40 bits per heavy atom. The van der Waals surface area contributed by atoms with Gasteiger partial charge in [0.15, 0.2) is 0 Å². The zero-order valence-electron chi connectivity index (χ0n) is 12.0. The summed E-state index contributed by atoms with van der Waals surface area (Å²) < 4.78 is 16.7. The number of hydrogen-bond donors (Lipinski definition) is 1. The molecule has 1 unspecified atom stereocenters. The lowest BCUT2D eigenvalue weighted by Crippen LogP contribution is -2.48. The average molecular weight is 300 g/mol. The summed E-state index contributed by atoms with van der Waals surface area (Å²) in [6, 6.07) is 5.42. The Bertz CT molecular complexity index is 441. The molecule has 0 radical (unpaired) electrons. The second-order valence-corrected chi connectivity index (χ2v) is 5.39. The lowest BCUT2D eigenvalue weighted by atomic mass is 9.82. The number of rotatable bonds is 5. The minimum Gasteiger partial charge on any atom is -0.495 e. The minimum absolute atomic E-state index is 0.225. The third-order valence-electron chi connectivity index (χ3n) is 3.87. The van der Waals surface area contributed by atoms with Crippen molar-refractivity contribution in [1.82, 2.24) is 0 Å². The maximum absolute atomic E-state index is 6.49. The van der Waals surface area contributed by atoms with Crippen molar-refractivity contribution < 1.29 is 14.2 Å². The first kappa shape index (κ1) is 15.6. The van der Waals surface area contributed by atoms with Gasteiger partial charge in [-0.15, -0.1) is 0 Å². The second-order valence-electron chi connectivity index (χ2n) is 4.98. The van der Waals surface area contributed by atoms with E-state index in [1.54, 1.807) is 7.11 Å². The summed E-state index contributed by atoms with van der Waals surface area (Å²) in [5.41, 5.74) is 7.09. The summed E-state index contributed by atoms with van der Waals surface area (Å²) in [6.45, 7) is 3.99. The molecule has 5 heteroatoms. The van der Waals surface area contributed by atoms with E-state index in [2.05, 4.69) is 0 Å². The third kappa shape index (κ3) is 3.09. The van der Waals surface area contributed by atoms with Crippen molar-refractivity contribution in [3.63, 3.8) is 0 Å². The van der Waals surface area contributed by atoms with Crippen LogP contribution in [-0.2, 0) is 9.47 Å². The van der Waals surface area contributed by atoms with Crippen molar-refractivity contribution in [3.05, 3.63) is 28.8 Å². The van der Waals surface area contributed by atoms with E-state index in [4.69, 9.17) is 31.5 Å². The van der Waals surface area contributed by atoms with Crippen molar-refractivity contribution in [2.24, 2.45) is 5.73 Å². The van der Waals surface area contributed by atoms with Crippen molar-refractivity contribution in [2.45, 2.75) is 31.4 Å². The lowest BCUT2D eigenvalue weighted by Gasteiger charge is -2.41. The highest BCUT2D eigenvalue weighted by Gasteiger charge is 2.40. The first-order valence-corrected chi connectivity index (χ1v) is 7.31. The van der Waals surface area contributed by atoms with Crippen LogP contribution in [0.25, 0.3) is 0 Å². The lowest BCUT2D eigenvalue weighted by molar-refractivity contribution is -0.121. The van der Waals surface area contributed by atoms with E-state index in [1.165, 1.54) is 0 Å². The topological polar surface area (TPSA) is 53.7 Å². The number of ether oxygens (including phenoxy) is 3. The van der Waals surface area contributed by atoms with Crippen LogP contribution in [-0.4, -0.2) is 32.5 Å². The van der Waals surface area contributed by atoms with Gasteiger partial charge < -0.3 is 19.9 Å². The van der Waals surface area contributed by atoms with Gasteiger partial charge in [-0.25, -0.2) is 0 Å². The van der Waals surface area contributed by atoms with E-state index >= 15 is 0 Å². The second kappa shape index (κ2) is 6.76. The highest BCUT2D eigenvalue weighted by molar-refractivity contribution is 6.32. The first-order chi connectivity index (χ1) is 9.63. The molecule has 1 aromatic rings. The van der Waals surface area contributed by atoms with Crippen molar-refractivity contribution >= 4 is 11.6 Å². The van der Waals surface area contributed by atoms with Gasteiger partial charge in [-0.05, 0) is 24.6 Å². The maximum Gasteiger partial charge on any atom is 0.137 e. The highest BCUT2D eigenvalue weighted by Crippen LogP contribution is 2.38. The van der Waals surface area contributed by atoms with E-state index in [9.17, 15) is 0 Å². The van der Waals surface area contributed by atoms with Crippen LogP contribution in [0.1, 0.15) is 31.4 Å². The molecular formula is C15H22ClNO3. The smallest absolute Gasteiger partial charge is 0.137 e. The molecule has 2 rings (SSSR count). The van der Waals surface area contributed by atoms with E-state index in [0.717, 1.165) is 18.4 Å². The molecular weight excluding hydrogens is 278 g/mol. The minimum atomic E-state index is -0.369. The standard InChI is InChI=1S/C15H22ClNO3/c1-3-20-15(6-8-19-9-7-15)14(17)11-4-5-12(16)13(10-11)18-2/h4-5,10,14H,3,6-9,17H2,1-2H3. The molecule has 0 amide bonds. The predicted octanol–water partition coefficient (Wildman–Crippen LogP) is 2.93. The number of halogens is 1. The molecule has 0 spiro atoms. The molecule has 1 fully saturated rings. The Morgan fingerprint density at radius 2 is 2.10 bits per heavy atom. The summed E-state index contributed by atoms with van der Waals surface area (Å²) in [4.78, 5) is 0. The maximum atomic E-state index is 6.49. The summed E-state index contributed by atoms with van der Waals surface area (Å²) in [7, 11) is 1.60. The van der Waals surface area contributed by atoms with Gasteiger partial charge in [-0.1, -0.05) is 17.7 Å². The molecule has 112 valence electrons. The van der Waals surface area contributed by atoms with Crippen LogP contribution in [0.3, 0.4) is 0 Å². The van der Waals surface area contributed by atoms with Crippen LogP contribution < -0.4 is 10.5 Å². The Morgan fingerprint density at radius 3 is 2.70 bits per heavy atom. The van der Waals surface area contributed by atoms with Crippen LogP contribution in [0.2, 0.25) is 5.02 Å². The fraction of sp³-hybridized carbons (Fsp3) is 0.600. The van der Waals surface area contributed by atoms with Gasteiger partial charge in [-0.2, -0.15) is 0 Å². The van der Waals surface area contributed by atoms with Crippen molar-refractivity contribution in [1.29, 1.82) is 0 Å². The molecule has 1 saturated heterocycles. The Kier molecular flexibility index (Phi) is 5.27. The molecule has 20 heavy (non-hydrogen) atoms. The number of nitrogens with two attached hydrogens (primary N) is 1. The van der Waals surface area contributed by atoms with Gasteiger partial charge in [0, 0.05) is 32.7 Å². The fourth-order valence-corrected chi connectivity index (χ4v) is 2.92. The fourth-order valence-electron chi connectivity index (χ4n) is 2.72. The van der Waals surface area contributed by atoms with Crippen LogP contribution in [0.5, 0.6) is 5.75 Å². The molecule has 1 aliphatic heterocycles. The van der Waals surface area contributed by atoms with E-state index in [1.807, 2.05) is 25.1 Å². The molecule has 2 N–H and O–H groups in total. The molecule has 0 aliphatic carbocycles. The molecule has 0 bridgehead atoms.